The molecule has 8 heteroatoms. The van der Waals surface area contributed by atoms with Gasteiger partial charge in [0.1, 0.15) is 15.2 Å². The van der Waals surface area contributed by atoms with Gasteiger partial charge in [-0.2, -0.15) is 10.4 Å². The summed E-state index contributed by atoms with van der Waals surface area (Å²) in [5.41, 5.74) is 0. The second-order valence-corrected chi connectivity index (χ2v) is 7.01. The van der Waals surface area contributed by atoms with Crippen LogP contribution in [0.15, 0.2) is 34.8 Å². The fourth-order valence-electron chi connectivity index (χ4n) is 1.57. The summed E-state index contributed by atoms with van der Waals surface area (Å²) >= 11 is 0.956. The van der Waals surface area contributed by atoms with E-state index >= 15 is 0 Å². The van der Waals surface area contributed by atoms with Gasteiger partial charge in [-0.1, -0.05) is 0 Å². The van der Waals surface area contributed by atoms with Crippen molar-refractivity contribution < 1.29 is 8.42 Å². The van der Waals surface area contributed by atoms with Crippen LogP contribution in [-0.4, -0.2) is 24.2 Å². The molecule has 0 aromatic carbocycles. The number of rotatable bonds is 5. The van der Waals surface area contributed by atoms with Crippen molar-refractivity contribution in [3.63, 3.8) is 0 Å². The summed E-state index contributed by atoms with van der Waals surface area (Å²) in [7, 11) is -3.58. The highest BCUT2D eigenvalue weighted by molar-refractivity contribution is 7.91. The van der Waals surface area contributed by atoms with Crippen LogP contribution in [0.2, 0.25) is 0 Å². The van der Waals surface area contributed by atoms with Crippen molar-refractivity contribution in [1.82, 2.24) is 14.5 Å². The highest BCUT2D eigenvalue weighted by Gasteiger charge is 2.19. The van der Waals surface area contributed by atoms with Crippen LogP contribution in [0.5, 0.6) is 0 Å². The third-order valence-electron chi connectivity index (χ3n) is 2.33. The van der Waals surface area contributed by atoms with E-state index < -0.39 is 10.0 Å². The zero-order valence-corrected chi connectivity index (χ0v) is 11.8. The van der Waals surface area contributed by atoms with Gasteiger partial charge in [0.25, 0.3) is 0 Å². The van der Waals surface area contributed by atoms with Crippen LogP contribution in [-0.2, 0) is 16.6 Å². The molecule has 0 saturated heterocycles. The summed E-state index contributed by atoms with van der Waals surface area (Å²) in [4.78, 5) is 0.375. The molecule has 2 aromatic heterocycles. The third-order valence-corrected chi connectivity index (χ3v) is 5.40. The van der Waals surface area contributed by atoms with E-state index in [-0.39, 0.29) is 10.3 Å². The van der Waals surface area contributed by atoms with Crippen LogP contribution in [0.25, 0.3) is 0 Å². The molecule has 1 N–H and O–H groups in total. The molecule has 19 heavy (non-hydrogen) atoms. The van der Waals surface area contributed by atoms with Gasteiger partial charge in [0.15, 0.2) is 0 Å². The Morgan fingerprint density at radius 1 is 1.58 bits per heavy atom. The van der Waals surface area contributed by atoms with Crippen LogP contribution in [0.3, 0.4) is 0 Å². The normalized spacial score (nSPS) is 13.1. The Hall–Kier alpha value is -1.69. The fraction of sp³-hybridized carbons (Fsp3) is 0.273. The number of hydrogen-bond acceptors (Lipinski definition) is 5. The maximum Gasteiger partial charge on any atom is 0.250 e. The number of nitrogens with zero attached hydrogens (tertiary/aromatic N) is 3. The number of aromatic nitrogens is 2. The van der Waals surface area contributed by atoms with E-state index in [2.05, 4.69) is 9.82 Å². The van der Waals surface area contributed by atoms with Crippen molar-refractivity contribution in [3.05, 3.63) is 35.5 Å². The van der Waals surface area contributed by atoms with E-state index in [9.17, 15) is 8.42 Å². The molecule has 0 amide bonds. The number of hydrogen-bond donors (Lipinski definition) is 1. The number of nitriles is 1. The second-order valence-electron chi connectivity index (χ2n) is 3.98. The van der Waals surface area contributed by atoms with Gasteiger partial charge in [0, 0.05) is 18.4 Å². The summed E-state index contributed by atoms with van der Waals surface area (Å²) in [6.45, 7) is 2.21. The Bertz CT molecular complexity index is 683. The van der Waals surface area contributed by atoms with E-state index in [1.165, 1.54) is 12.1 Å². The lowest BCUT2D eigenvalue weighted by Gasteiger charge is -2.13. The molecule has 2 aromatic rings. The molecule has 100 valence electrons. The largest absolute Gasteiger partial charge is 0.271 e. The Morgan fingerprint density at radius 2 is 2.37 bits per heavy atom. The molecule has 0 saturated carbocycles. The minimum absolute atomic E-state index is 0.149. The summed E-state index contributed by atoms with van der Waals surface area (Å²) in [6.07, 6.45) is 3.41. The minimum atomic E-state index is -3.58. The monoisotopic (exact) mass is 296 g/mol. The average molecular weight is 296 g/mol. The van der Waals surface area contributed by atoms with Crippen molar-refractivity contribution in [2.45, 2.75) is 23.7 Å². The second kappa shape index (κ2) is 5.52. The van der Waals surface area contributed by atoms with Gasteiger partial charge >= 0.3 is 0 Å². The molecular weight excluding hydrogens is 284 g/mol. The predicted molar refractivity (Wildman–Crippen MR) is 71.0 cm³/mol. The minimum Gasteiger partial charge on any atom is -0.271 e. The lowest BCUT2D eigenvalue weighted by atomic mass is 10.4. The van der Waals surface area contributed by atoms with E-state index in [0.29, 0.717) is 11.4 Å². The topological polar surface area (TPSA) is 87.8 Å². The standard InChI is InChI=1S/C11H12N4O2S2/c1-9(8-15-6-2-5-13-15)14-19(16,17)11-4-3-10(7-12)18-11/h2-6,9,14H,8H2,1H3. The Labute approximate surface area is 115 Å². The molecule has 0 radical (unpaired) electrons. The molecule has 1 atom stereocenters. The maximum absolute atomic E-state index is 12.1. The van der Waals surface area contributed by atoms with Crippen LogP contribution >= 0.6 is 11.3 Å². The summed E-state index contributed by atoms with van der Waals surface area (Å²) in [5, 5.41) is 12.7. The summed E-state index contributed by atoms with van der Waals surface area (Å²) < 4.78 is 28.5. The lowest BCUT2D eigenvalue weighted by molar-refractivity contribution is 0.494. The molecule has 0 aliphatic carbocycles. The van der Waals surface area contributed by atoms with Crippen LogP contribution < -0.4 is 4.72 Å². The first kappa shape index (κ1) is 13.7. The lowest BCUT2D eigenvalue weighted by Crippen LogP contribution is -2.35. The third kappa shape index (κ3) is 3.41. The molecule has 0 bridgehead atoms. The first-order valence-electron chi connectivity index (χ1n) is 5.51. The van der Waals surface area contributed by atoms with Crippen molar-refractivity contribution in [2.75, 3.05) is 0 Å². The number of thiophene rings is 1. The molecule has 2 rings (SSSR count). The number of sulfonamides is 1. The molecule has 0 spiro atoms. The van der Waals surface area contributed by atoms with E-state index in [1.807, 2.05) is 6.07 Å². The van der Waals surface area contributed by atoms with Crippen molar-refractivity contribution in [2.24, 2.45) is 0 Å². The summed E-state index contributed by atoms with van der Waals surface area (Å²) in [6, 6.07) is 6.34. The molecule has 0 fully saturated rings. The van der Waals surface area contributed by atoms with Gasteiger partial charge in [0.2, 0.25) is 10.0 Å². The van der Waals surface area contributed by atoms with Gasteiger partial charge in [-0.25, -0.2) is 13.1 Å². The Balaban J connectivity index is 2.07. The summed E-state index contributed by atoms with van der Waals surface area (Å²) in [5.74, 6) is 0. The van der Waals surface area contributed by atoms with Crippen molar-refractivity contribution >= 4 is 21.4 Å². The molecular formula is C11H12N4O2S2. The molecule has 0 aliphatic heterocycles. The van der Waals surface area contributed by atoms with Crippen LogP contribution in [0, 0.1) is 11.3 Å². The van der Waals surface area contributed by atoms with Crippen LogP contribution in [0.4, 0.5) is 0 Å². The van der Waals surface area contributed by atoms with Gasteiger partial charge in [-0.05, 0) is 25.1 Å². The molecule has 1 unspecified atom stereocenters. The zero-order valence-electron chi connectivity index (χ0n) is 10.1. The van der Waals surface area contributed by atoms with Gasteiger partial charge < -0.3 is 0 Å². The van der Waals surface area contributed by atoms with Gasteiger partial charge in [0.05, 0.1) is 6.54 Å². The fourth-order valence-corrected chi connectivity index (χ4v) is 3.93. The van der Waals surface area contributed by atoms with Crippen molar-refractivity contribution in [3.8, 4) is 6.07 Å². The van der Waals surface area contributed by atoms with Gasteiger partial charge in [-0.15, -0.1) is 11.3 Å². The smallest absolute Gasteiger partial charge is 0.250 e. The number of nitrogens with one attached hydrogen (secondary N) is 1. The van der Waals surface area contributed by atoms with E-state index in [4.69, 9.17) is 5.26 Å². The Morgan fingerprint density at radius 3 is 2.95 bits per heavy atom. The van der Waals surface area contributed by atoms with E-state index in [1.54, 1.807) is 30.1 Å². The quantitative estimate of drug-likeness (QED) is 0.897. The SMILES string of the molecule is CC(Cn1cccn1)NS(=O)(=O)c1ccc(C#N)s1. The molecule has 6 nitrogen and oxygen atoms in total. The highest BCUT2D eigenvalue weighted by atomic mass is 32.2. The highest BCUT2D eigenvalue weighted by Crippen LogP contribution is 2.20. The van der Waals surface area contributed by atoms with E-state index in [0.717, 1.165) is 11.3 Å². The maximum atomic E-state index is 12.1. The first-order chi connectivity index (χ1) is 9.01. The zero-order chi connectivity index (χ0) is 13.9. The molecule has 2 heterocycles. The van der Waals surface area contributed by atoms with Crippen molar-refractivity contribution in [1.29, 1.82) is 5.26 Å². The Kier molecular flexibility index (Phi) is 3.99. The average Bonchev–Trinajstić information content (AvgIpc) is 2.97. The first-order valence-corrected chi connectivity index (χ1v) is 7.81. The predicted octanol–water partition coefficient (Wildman–Crippen LogP) is 1.18. The molecule has 0 aliphatic rings. The van der Waals surface area contributed by atoms with Gasteiger partial charge in [-0.3, -0.25) is 4.68 Å². The van der Waals surface area contributed by atoms with Crippen LogP contribution in [0.1, 0.15) is 11.8 Å².